The maximum Gasteiger partial charge on any atom is 0.0456 e. The van der Waals surface area contributed by atoms with Crippen molar-refractivity contribution in [2.45, 2.75) is 26.3 Å². The normalized spacial score (nSPS) is 10.6. The lowest BCUT2D eigenvalue weighted by atomic mass is 10.1. The van der Waals surface area contributed by atoms with Crippen LogP contribution in [-0.4, -0.2) is 11.5 Å². The summed E-state index contributed by atoms with van der Waals surface area (Å²) < 4.78 is 0. The van der Waals surface area contributed by atoms with Crippen molar-refractivity contribution < 1.29 is 0 Å². The fraction of sp³-hybridized carbons (Fsp3) is 0.263. The summed E-state index contributed by atoms with van der Waals surface area (Å²) in [5, 5.41) is 4.87. The van der Waals surface area contributed by atoms with Crippen molar-refractivity contribution in [3.8, 4) is 0 Å². The van der Waals surface area contributed by atoms with Crippen LogP contribution in [0.3, 0.4) is 0 Å². The number of para-hydroxylation sites is 1. The number of aromatic amines is 1. The topological polar surface area (TPSA) is 27.8 Å². The van der Waals surface area contributed by atoms with E-state index in [4.69, 9.17) is 0 Å². The van der Waals surface area contributed by atoms with E-state index in [2.05, 4.69) is 72.0 Å². The van der Waals surface area contributed by atoms with Crippen molar-refractivity contribution in [1.29, 1.82) is 0 Å². The molecule has 0 aliphatic heterocycles. The van der Waals surface area contributed by atoms with Gasteiger partial charge in [0.25, 0.3) is 0 Å². The van der Waals surface area contributed by atoms with Crippen LogP contribution in [0.1, 0.15) is 23.6 Å². The Bertz CT molecular complexity index is 701. The Morgan fingerprint density at radius 1 is 0.955 bits per heavy atom. The third-order valence-corrected chi connectivity index (χ3v) is 4.01. The zero-order chi connectivity index (χ0) is 14.5. The summed E-state index contributed by atoms with van der Waals surface area (Å²) in [4.78, 5) is 3.33. The summed E-state index contributed by atoms with van der Waals surface area (Å²) in [6.45, 7) is 4.12. The van der Waals surface area contributed by atoms with Gasteiger partial charge in [-0.3, -0.25) is 0 Å². The average Bonchev–Trinajstić information content (AvgIpc) is 2.95. The molecule has 2 nitrogen and oxygen atoms in total. The number of H-pyrrole nitrogens is 1. The van der Waals surface area contributed by atoms with Gasteiger partial charge in [0.2, 0.25) is 0 Å². The molecule has 0 atom stereocenters. The molecule has 0 amide bonds. The van der Waals surface area contributed by atoms with Gasteiger partial charge in [-0.1, -0.05) is 49.4 Å². The number of rotatable bonds is 6. The fourth-order valence-corrected chi connectivity index (χ4v) is 2.69. The molecule has 3 heteroatoms. The quantitative estimate of drug-likeness (QED) is 0.645. The first-order valence-corrected chi connectivity index (χ1v) is 7.70. The Morgan fingerprint density at radius 2 is 1.68 bits per heavy atom. The molecule has 0 fully saturated rings. The van der Waals surface area contributed by atoms with Gasteiger partial charge in [-0.15, -0.1) is 12.4 Å². The number of aromatic nitrogens is 1. The van der Waals surface area contributed by atoms with Crippen molar-refractivity contribution >= 4 is 23.3 Å². The molecule has 0 saturated carbocycles. The van der Waals surface area contributed by atoms with Crippen molar-refractivity contribution in [3.63, 3.8) is 0 Å². The highest BCUT2D eigenvalue weighted by molar-refractivity contribution is 5.85. The van der Waals surface area contributed by atoms with Gasteiger partial charge in [0.15, 0.2) is 0 Å². The second-order valence-corrected chi connectivity index (χ2v) is 5.46. The van der Waals surface area contributed by atoms with Crippen molar-refractivity contribution in [3.05, 3.63) is 71.4 Å². The van der Waals surface area contributed by atoms with Crippen molar-refractivity contribution in [2.24, 2.45) is 0 Å². The molecule has 2 aromatic carbocycles. The molecule has 0 aliphatic rings. The Morgan fingerprint density at radius 3 is 2.45 bits per heavy atom. The fourth-order valence-electron chi connectivity index (χ4n) is 2.69. The van der Waals surface area contributed by atoms with Gasteiger partial charge >= 0.3 is 0 Å². The van der Waals surface area contributed by atoms with Crippen LogP contribution in [0.15, 0.2) is 54.7 Å². The molecule has 116 valence electrons. The molecule has 0 unspecified atom stereocenters. The molecule has 3 rings (SSSR count). The summed E-state index contributed by atoms with van der Waals surface area (Å²) in [6, 6.07) is 17.4. The Kier molecular flexibility index (Phi) is 6.05. The predicted molar refractivity (Wildman–Crippen MR) is 96.8 cm³/mol. The standard InChI is InChI=1S/C19H22N2.ClH/c1-2-15-7-9-16(10-8-15)13-20-12-11-17-14-21-19-6-4-3-5-18(17)19;/h3-10,14,20-21H,2,11-13H2,1H3;1H. The zero-order valence-corrected chi connectivity index (χ0v) is 13.7. The lowest BCUT2D eigenvalue weighted by molar-refractivity contribution is 0.688. The number of benzene rings is 2. The Balaban J connectivity index is 0.00000176. The first-order chi connectivity index (χ1) is 10.4. The largest absolute Gasteiger partial charge is 0.361 e. The molecule has 22 heavy (non-hydrogen) atoms. The number of aryl methyl sites for hydroxylation is 1. The minimum atomic E-state index is 0. The highest BCUT2D eigenvalue weighted by Gasteiger charge is 2.02. The minimum Gasteiger partial charge on any atom is -0.361 e. The van der Waals surface area contributed by atoms with Gasteiger partial charge < -0.3 is 10.3 Å². The van der Waals surface area contributed by atoms with Crippen LogP contribution in [0.2, 0.25) is 0 Å². The smallest absolute Gasteiger partial charge is 0.0456 e. The van der Waals surface area contributed by atoms with Gasteiger partial charge in [0.05, 0.1) is 0 Å². The molecular formula is C19H23ClN2. The maximum atomic E-state index is 3.53. The first-order valence-electron chi connectivity index (χ1n) is 7.70. The van der Waals surface area contributed by atoms with E-state index >= 15 is 0 Å². The maximum absolute atomic E-state index is 3.53. The summed E-state index contributed by atoms with van der Waals surface area (Å²) in [5.74, 6) is 0. The molecule has 1 heterocycles. The molecule has 1 aromatic heterocycles. The van der Waals surface area contributed by atoms with Crippen LogP contribution in [0, 0.1) is 0 Å². The van der Waals surface area contributed by atoms with E-state index in [0.717, 1.165) is 25.9 Å². The van der Waals surface area contributed by atoms with E-state index in [1.807, 2.05) is 0 Å². The molecule has 0 spiro atoms. The van der Waals surface area contributed by atoms with Crippen LogP contribution in [0.5, 0.6) is 0 Å². The van der Waals surface area contributed by atoms with Gasteiger partial charge in [0.1, 0.15) is 0 Å². The number of hydrogen-bond acceptors (Lipinski definition) is 1. The van der Waals surface area contributed by atoms with E-state index in [-0.39, 0.29) is 12.4 Å². The predicted octanol–water partition coefficient (Wildman–Crippen LogP) is 4.48. The zero-order valence-electron chi connectivity index (χ0n) is 12.9. The number of hydrogen-bond donors (Lipinski definition) is 2. The monoisotopic (exact) mass is 314 g/mol. The molecule has 3 aromatic rings. The summed E-state index contributed by atoms with van der Waals surface area (Å²) >= 11 is 0. The van der Waals surface area contributed by atoms with Crippen LogP contribution >= 0.6 is 12.4 Å². The molecule has 0 bridgehead atoms. The molecule has 0 aliphatic carbocycles. The van der Waals surface area contributed by atoms with Crippen LogP contribution in [0.4, 0.5) is 0 Å². The lowest BCUT2D eigenvalue weighted by Gasteiger charge is -2.05. The van der Waals surface area contributed by atoms with Gasteiger partial charge in [-0.25, -0.2) is 0 Å². The number of nitrogens with one attached hydrogen (secondary N) is 2. The SMILES string of the molecule is CCc1ccc(CNCCc2c[nH]c3ccccc23)cc1.Cl. The number of fused-ring (bicyclic) bond motifs is 1. The molecule has 2 N–H and O–H groups in total. The van der Waals surface area contributed by atoms with Crippen LogP contribution in [-0.2, 0) is 19.4 Å². The molecular weight excluding hydrogens is 292 g/mol. The van der Waals surface area contributed by atoms with Crippen molar-refractivity contribution in [2.75, 3.05) is 6.54 Å². The first kappa shape index (κ1) is 16.6. The summed E-state index contributed by atoms with van der Waals surface area (Å²) in [7, 11) is 0. The third kappa shape index (κ3) is 3.90. The Hall–Kier alpha value is -1.77. The average molecular weight is 315 g/mol. The minimum absolute atomic E-state index is 0. The van der Waals surface area contributed by atoms with E-state index in [9.17, 15) is 0 Å². The van der Waals surface area contributed by atoms with Crippen molar-refractivity contribution in [1.82, 2.24) is 10.3 Å². The van der Waals surface area contributed by atoms with E-state index in [0.29, 0.717) is 0 Å². The molecule has 0 radical (unpaired) electrons. The highest BCUT2D eigenvalue weighted by Crippen LogP contribution is 2.17. The number of halogens is 1. The van der Waals surface area contributed by atoms with E-state index in [1.54, 1.807) is 0 Å². The van der Waals surface area contributed by atoms with Crippen LogP contribution in [0.25, 0.3) is 10.9 Å². The second-order valence-electron chi connectivity index (χ2n) is 5.46. The molecule has 0 saturated heterocycles. The van der Waals surface area contributed by atoms with Gasteiger partial charge in [-0.2, -0.15) is 0 Å². The highest BCUT2D eigenvalue weighted by atomic mass is 35.5. The summed E-state index contributed by atoms with van der Waals surface area (Å²) in [6.07, 6.45) is 4.29. The van der Waals surface area contributed by atoms with Gasteiger partial charge in [0, 0.05) is 23.6 Å². The van der Waals surface area contributed by atoms with E-state index < -0.39 is 0 Å². The van der Waals surface area contributed by atoms with Gasteiger partial charge in [-0.05, 0) is 42.1 Å². The third-order valence-electron chi connectivity index (χ3n) is 4.01. The van der Waals surface area contributed by atoms with Crippen LogP contribution < -0.4 is 5.32 Å². The Labute approximate surface area is 138 Å². The lowest BCUT2D eigenvalue weighted by Crippen LogP contribution is -2.16. The second kappa shape index (κ2) is 8.02. The summed E-state index contributed by atoms with van der Waals surface area (Å²) in [5.41, 5.74) is 5.37. The van der Waals surface area contributed by atoms with E-state index in [1.165, 1.54) is 27.6 Å².